The second kappa shape index (κ2) is 7.17. The number of hydrogen-bond donors (Lipinski definition) is 1. The number of hydrogen-bond acceptors (Lipinski definition) is 3. The first-order chi connectivity index (χ1) is 11.9. The van der Waals surface area contributed by atoms with E-state index < -0.39 is 10.0 Å². The van der Waals surface area contributed by atoms with Crippen LogP contribution in [-0.2, 0) is 10.0 Å². The standard InChI is InChI=1S/C19H16ClNO3S/c1-14-9-11-17(12-10-14)25(22,23)21-18-7-2-3-8-19(18)24-16-6-4-5-15(20)13-16/h2-13,21H,1H3. The van der Waals surface area contributed by atoms with Crippen molar-refractivity contribution in [1.82, 2.24) is 0 Å². The summed E-state index contributed by atoms with van der Waals surface area (Å²) in [6.07, 6.45) is 0. The van der Waals surface area contributed by atoms with Crippen molar-refractivity contribution in [2.45, 2.75) is 11.8 Å². The Labute approximate surface area is 152 Å². The molecule has 0 fully saturated rings. The number of rotatable bonds is 5. The van der Waals surface area contributed by atoms with Gasteiger partial charge in [0.2, 0.25) is 0 Å². The number of halogens is 1. The van der Waals surface area contributed by atoms with Gasteiger partial charge < -0.3 is 4.74 Å². The second-order valence-electron chi connectivity index (χ2n) is 5.47. The first kappa shape index (κ1) is 17.3. The third-order valence-electron chi connectivity index (χ3n) is 3.49. The van der Waals surface area contributed by atoms with Gasteiger partial charge in [0.25, 0.3) is 10.0 Å². The maximum absolute atomic E-state index is 12.6. The van der Waals surface area contributed by atoms with E-state index in [2.05, 4.69) is 4.72 Å². The van der Waals surface area contributed by atoms with E-state index in [4.69, 9.17) is 16.3 Å². The molecule has 3 aromatic rings. The lowest BCUT2D eigenvalue weighted by molar-refractivity contribution is 0.485. The molecule has 0 atom stereocenters. The Morgan fingerprint density at radius 3 is 2.36 bits per heavy atom. The molecule has 0 spiro atoms. The zero-order valence-corrected chi connectivity index (χ0v) is 15.0. The van der Waals surface area contributed by atoms with Gasteiger partial charge in [0, 0.05) is 5.02 Å². The van der Waals surface area contributed by atoms with E-state index in [1.54, 1.807) is 72.8 Å². The molecule has 0 aliphatic carbocycles. The average Bonchev–Trinajstić information content (AvgIpc) is 2.57. The first-order valence-corrected chi connectivity index (χ1v) is 9.42. The minimum absolute atomic E-state index is 0.190. The van der Waals surface area contributed by atoms with Crippen LogP contribution < -0.4 is 9.46 Å². The molecule has 0 radical (unpaired) electrons. The van der Waals surface area contributed by atoms with Gasteiger partial charge in [0.1, 0.15) is 5.75 Å². The van der Waals surface area contributed by atoms with E-state index in [1.807, 2.05) is 6.92 Å². The molecule has 0 heterocycles. The van der Waals surface area contributed by atoms with E-state index in [1.165, 1.54) is 0 Å². The van der Waals surface area contributed by atoms with Gasteiger partial charge in [-0.25, -0.2) is 8.42 Å². The number of anilines is 1. The van der Waals surface area contributed by atoms with Gasteiger partial charge in [0.05, 0.1) is 10.6 Å². The van der Waals surface area contributed by atoms with E-state index in [0.717, 1.165) is 5.56 Å². The highest BCUT2D eigenvalue weighted by Gasteiger charge is 2.16. The fourth-order valence-corrected chi connectivity index (χ4v) is 3.47. The molecule has 6 heteroatoms. The van der Waals surface area contributed by atoms with Crippen molar-refractivity contribution >= 4 is 27.3 Å². The monoisotopic (exact) mass is 373 g/mol. The molecule has 0 saturated carbocycles. The smallest absolute Gasteiger partial charge is 0.262 e. The van der Waals surface area contributed by atoms with Crippen LogP contribution in [0.5, 0.6) is 11.5 Å². The molecule has 3 rings (SSSR count). The number of sulfonamides is 1. The summed E-state index contributed by atoms with van der Waals surface area (Å²) in [6, 6.07) is 20.4. The summed E-state index contributed by atoms with van der Waals surface area (Å²) in [7, 11) is -3.71. The molecule has 25 heavy (non-hydrogen) atoms. The van der Waals surface area contributed by atoms with Crippen LogP contribution in [0.3, 0.4) is 0 Å². The molecule has 0 bridgehead atoms. The van der Waals surface area contributed by atoms with Gasteiger partial charge in [-0.2, -0.15) is 0 Å². The van der Waals surface area contributed by atoms with Gasteiger partial charge in [-0.05, 0) is 49.4 Å². The lowest BCUT2D eigenvalue weighted by atomic mass is 10.2. The molecule has 0 unspecified atom stereocenters. The lowest BCUT2D eigenvalue weighted by Crippen LogP contribution is -2.13. The Morgan fingerprint density at radius 2 is 1.64 bits per heavy atom. The molecule has 3 aromatic carbocycles. The van der Waals surface area contributed by atoms with Crippen LogP contribution in [0.15, 0.2) is 77.7 Å². The van der Waals surface area contributed by atoms with E-state index in [0.29, 0.717) is 22.2 Å². The van der Waals surface area contributed by atoms with E-state index >= 15 is 0 Å². The van der Waals surface area contributed by atoms with E-state index in [9.17, 15) is 8.42 Å². The van der Waals surface area contributed by atoms with Crippen LogP contribution in [0.25, 0.3) is 0 Å². The SMILES string of the molecule is Cc1ccc(S(=O)(=O)Nc2ccccc2Oc2cccc(Cl)c2)cc1. The van der Waals surface area contributed by atoms with Crippen molar-refractivity contribution in [3.63, 3.8) is 0 Å². The predicted molar refractivity (Wildman–Crippen MR) is 100.0 cm³/mol. The Morgan fingerprint density at radius 1 is 0.920 bits per heavy atom. The molecule has 1 N–H and O–H groups in total. The van der Waals surface area contributed by atoms with Crippen molar-refractivity contribution in [3.8, 4) is 11.5 Å². The Balaban J connectivity index is 1.89. The lowest BCUT2D eigenvalue weighted by Gasteiger charge is -2.13. The van der Waals surface area contributed by atoms with Crippen LogP contribution in [0.2, 0.25) is 5.02 Å². The highest BCUT2D eigenvalue weighted by atomic mass is 35.5. The molecule has 0 aliphatic rings. The Kier molecular flexibility index (Phi) is 4.97. The number of para-hydroxylation sites is 2. The molecule has 0 aromatic heterocycles. The maximum Gasteiger partial charge on any atom is 0.262 e. The third-order valence-corrected chi connectivity index (χ3v) is 5.10. The zero-order valence-electron chi connectivity index (χ0n) is 13.4. The Hall–Kier alpha value is -2.50. The molecule has 4 nitrogen and oxygen atoms in total. The van der Waals surface area contributed by atoms with Crippen molar-refractivity contribution in [1.29, 1.82) is 0 Å². The average molecular weight is 374 g/mol. The van der Waals surface area contributed by atoms with Gasteiger partial charge >= 0.3 is 0 Å². The summed E-state index contributed by atoms with van der Waals surface area (Å²) in [4.78, 5) is 0.190. The molecule has 0 aliphatic heterocycles. The van der Waals surface area contributed by atoms with Crippen molar-refractivity contribution < 1.29 is 13.2 Å². The quantitative estimate of drug-likeness (QED) is 0.665. The summed E-state index contributed by atoms with van der Waals surface area (Å²) >= 11 is 5.96. The highest BCUT2D eigenvalue weighted by molar-refractivity contribution is 7.92. The Bertz CT molecular complexity index is 986. The maximum atomic E-state index is 12.6. The predicted octanol–water partition coefficient (Wildman–Crippen LogP) is 5.24. The summed E-state index contributed by atoms with van der Waals surface area (Å²) in [5, 5.41) is 0.537. The van der Waals surface area contributed by atoms with Gasteiger partial charge in [0.15, 0.2) is 5.75 Å². The summed E-state index contributed by atoms with van der Waals surface area (Å²) in [5.41, 5.74) is 1.34. The summed E-state index contributed by atoms with van der Waals surface area (Å²) in [5.74, 6) is 0.912. The summed E-state index contributed by atoms with van der Waals surface area (Å²) < 4.78 is 33.5. The minimum atomic E-state index is -3.71. The van der Waals surface area contributed by atoms with Crippen LogP contribution in [0.1, 0.15) is 5.56 Å². The second-order valence-corrected chi connectivity index (χ2v) is 7.59. The fraction of sp³-hybridized carbons (Fsp3) is 0.0526. The summed E-state index contributed by atoms with van der Waals surface area (Å²) in [6.45, 7) is 1.90. The first-order valence-electron chi connectivity index (χ1n) is 7.56. The number of aryl methyl sites for hydroxylation is 1. The molecule has 0 amide bonds. The topological polar surface area (TPSA) is 55.4 Å². The van der Waals surface area contributed by atoms with Crippen LogP contribution in [0, 0.1) is 6.92 Å². The normalized spacial score (nSPS) is 11.1. The van der Waals surface area contributed by atoms with Gasteiger partial charge in [-0.3, -0.25) is 4.72 Å². The van der Waals surface area contributed by atoms with Crippen LogP contribution >= 0.6 is 11.6 Å². The largest absolute Gasteiger partial charge is 0.455 e. The third kappa shape index (κ3) is 4.32. The molecular weight excluding hydrogens is 358 g/mol. The van der Waals surface area contributed by atoms with Crippen LogP contribution in [0.4, 0.5) is 5.69 Å². The van der Waals surface area contributed by atoms with Gasteiger partial charge in [-0.1, -0.05) is 47.5 Å². The fourth-order valence-electron chi connectivity index (χ4n) is 2.22. The molecule has 0 saturated heterocycles. The highest BCUT2D eigenvalue weighted by Crippen LogP contribution is 2.31. The number of ether oxygens (including phenoxy) is 1. The number of benzene rings is 3. The minimum Gasteiger partial charge on any atom is -0.455 e. The zero-order chi connectivity index (χ0) is 17.9. The van der Waals surface area contributed by atoms with Crippen molar-refractivity contribution in [2.75, 3.05) is 4.72 Å². The number of nitrogens with one attached hydrogen (secondary N) is 1. The molecule has 128 valence electrons. The van der Waals surface area contributed by atoms with Crippen molar-refractivity contribution in [2.24, 2.45) is 0 Å². The van der Waals surface area contributed by atoms with Gasteiger partial charge in [-0.15, -0.1) is 0 Å². The van der Waals surface area contributed by atoms with E-state index in [-0.39, 0.29) is 4.90 Å². The molecular formula is C19H16ClNO3S. The van der Waals surface area contributed by atoms with Crippen LogP contribution in [-0.4, -0.2) is 8.42 Å². The van der Waals surface area contributed by atoms with Crippen molar-refractivity contribution in [3.05, 3.63) is 83.4 Å².